The lowest BCUT2D eigenvalue weighted by Crippen LogP contribution is -2.36. The second kappa shape index (κ2) is 9.79. The standard InChI is InChI=1S/C22H21BN2O6/c1-30-16-10-6-14(7-11-16)21(26)24-18-4-3-5-19(20(18)23(28)29)25-22(27)15-8-12-17(31-2)13-9-15/h3-13,28-29H,1-2H3,(H,24,26)(H,25,27). The molecule has 0 spiro atoms. The molecule has 8 nitrogen and oxygen atoms in total. The summed E-state index contributed by atoms with van der Waals surface area (Å²) in [4.78, 5) is 25.2. The van der Waals surface area contributed by atoms with Crippen LogP contribution in [-0.4, -0.2) is 43.2 Å². The maximum Gasteiger partial charge on any atom is 0.492 e. The van der Waals surface area contributed by atoms with Crippen molar-refractivity contribution in [2.24, 2.45) is 0 Å². The van der Waals surface area contributed by atoms with Crippen molar-refractivity contribution in [1.82, 2.24) is 0 Å². The Kier molecular flexibility index (Phi) is 6.91. The quantitative estimate of drug-likeness (QED) is 0.434. The highest BCUT2D eigenvalue weighted by Crippen LogP contribution is 2.18. The summed E-state index contributed by atoms with van der Waals surface area (Å²) in [6.07, 6.45) is 0. The van der Waals surface area contributed by atoms with Crippen LogP contribution in [0.15, 0.2) is 66.7 Å². The van der Waals surface area contributed by atoms with E-state index in [-0.39, 0.29) is 16.8 Å². The van der Waals surface area contributed by atoms with E-state index >= 15 is 0 Å². The third-order valence-corrected chi connectivity index (χ3v) is 4.57. The number of nitrogens with one attached hydrogen (secondary N) is 2. The summed E-state index contributed by atoms with van der Waals surface area (Å²) in [6.45, 7) is 0. The molecule has 3 aromatic carbocycles. The second-order valence-electron chi connectivity index (χ2n) is 6.51. The molecule has 4 N–H and O–H groups in total. The van der Waals surface area contributed by atoms with Gasteiger partial charge in [-0.1, -0.05) is 6.07 Å². The van der Waals surface area contributed by atoms with E-state index in [1.165, 1.54) is 26.4 Å². The molecule has 0 aliphatic carbocycles. The monoisotopic (exact) mass is 420 g/mol. The number of hydrogen-bond donors (Lipinski definition) is 4. The summed E-state index contributed by atoms with van der Waals surface area (Å²) in [7, 11) is 1.12. The van der Waals surface area contributed by atoms with Gasteiger partial charge < -0.3 is 30.2 Å². The Bertz CT molecular complexity index is 989. The maximum atomic E-state index is 12.6. The third-order valence-electron chi connectivity index (χ3n) is 4.57. The zero-order valence-electron chi connectivity index (χ0n) is 17.0. The van der Waals surface area contributed by atoms with Crippen molar-refractivity contribution in [3.8, 4) is 11.5 Å². The molecule has 0 saturated heterocycles. The number of carbonyl (C=O) groups excluding carboxylic acids is 2. The van der Waals surface area contributed by atoms with Crippen LogP contribution < -0.4 is 25.6 Å². The predicted octanol–water partition coefficient (Wildman–Crippen LogP) is 1.89. The van der Waals surface area contributed by atoms with Crippen LogP contribution in [0.2, 0.25) is 0 Å². The first-order valence-corrected chi connectivity index (χ1v) is 9.32. The number of rotatable bonds is 7. The minimum absolute atomic E-state index is 0.0359. The van der Waals surface area contributed by atoms with Crippen LogP contribution in [-0.2, 0) is 0 Å². The lowest BCUT2D eigenvalue weighted by atomic mass is 9.77. The van der Waals surface area contributed by atoms with Crippen molar-refractivity contribution in [3.05, 3.63) is 77.9 Å². The normalized spacial score (nSPS) is 10.2. The lowest BCUT2D eigenvalue weighted by Gasteiger charge is -2.16. The Morgan fingerprint density at radius 1 is 0.710 bits per heavy atom. The SMILES string of the molecule is COc1ccc(C(=O)Nc2cccc(NC(=O)c3ccc(OC)cc3)c2B(O)O)cc1. The Hall–Kier alpha value is -3.82. The van der Waals surface area contributed by atoms with Gasteiger partial charge in [0.05, 0.1) is 14.2 Å². The maximum absolute atomic E-state index is 12.6. The van der Waals surface area contributed by atoms with E-state index in [1.807, 2.05) is 0 Å². The van der Waals surface area contributed by atoms with Gasteiger partial charge in [0.25, 0.3) is 11.8 Å². The number of ether oxygens (including phenoxy) is 2. The summed E-state index contributed by atoms with van der Waals surface area (Å²) in [5.74, 6) is 0.295. The van der Waals surface area contributed by atoms with Crippen LogP contribution >= 0.6 is 0 Å². The molecule has 2 amide bonds. The van der Waals surface area contributed by atoms with Gasteiger partial charge in [0.15, 0.2) is 0 Å². The van der Waals surface area contributed by atoms with Crippen LogP contribution in [0.3, 0.4) is 0 Å². The highest BCUT2D eigenvalue weighted by Gasteiger charge is 2.23. The molecule has 0 aliphatic heterocycles. The molecule has 0 heterocycles. The Morgan fingerprint density at radius 2 is 1.10 bits per heavy atom. The molecular weight excluding hydrogens is 399 g/mol. The lowest BCUT2D eigenvalue weighted by molar-refractivity contribution is 0.101. The largest absolute Gasteiger partial charge is 0.497 e. The fourth-order valence-electron chi connectivity index (χ4n) is 2.94. The molecule has 31 heavy (non-hydrogen) atoms. The summed E-state index contributed by atoms with van der Waals surface area (Å²) in [5, 5.41) is 25.1. The number of hydrogen-bond acceptors (Lipinski definition) is 6. The van der Waals surface area contributed by atoms with E-state index < -0.39 is 18.9 Å². The molecule has 9 heteroatoms. The van der Waals surface area contributed by atoms with Gasteiger partial charge in [0.2, 0.25) is 0 Å². The number of benzene rings is 3. The van der Waals surface area contributed by atoms with Crippen molar-refractivity contribution in [2.75, 3.05) is 24.9 Å². The second-order valence-corrected chi connectivity index (χ2v) is 6.51. The van der Waals surface area contributed by atoms with Gasteiger partial charge >= 0.3 is 7.12 Å². The number of anilines is 2. The summed E-state index contributed by atoms with van der Waals surface area (Å²) < 4.78 is 10.1. The van der Waals surface area contributed by atoms with Crippen LogP contribution in [0.25, 0.3) is 0 Å². The van der Waals surface area contributed by atoms with Crippen LogP contribution in [0.1, 0.15) is 20.7 Å². The zero-order chi connectivity index (χ0) is 22.4. The number of methoxy groups -OCH3 is 2. The Labute approximate surface area is 179 Å². The average molecular weight is 420 g/mol. The summed E-state index contributed by atoms with van der Waals surface area (Å²) in [5.41, 5.74) is 0.983. The zero-order valence-corrected chi connectivity index (χ0v) is 17.0. The van der Waals surface area contributed by atoms with Gasteiger partial charge in [-0.3, -0.25) is 9.59 Å². The van der Waals surface area contributed by atoms with E-state index in [0.717, 1.165) is 0 Å². The Balaban J connectivity index is 1.84. The molecule has 0 saturated carbocycles. The van der Waals surface area contributed by atoms with Crippen molar-refractivity contribution in [1.29, 1.82) is 0 Å². The molecule has 0 bridgehead atoms. The van der Waals surface area contributed by atoms with Gasteiger partial charge in [0.1, 0.15) is 11.5 Å². The molecule has 0 aromatic heterocycles. The molecule has 0 fully saturated rings. The van der Waals surface area contributed by atoms with Crippen LogP contribution in [0.5, 0.6) is 11.5 Å². The molecule has 0 radical (unpaired) electrons. The van der Waals surface area contributed by atoms with Gasteiger partial charge in [-0.25, -0.2) is 0 Å². The smallest absolute Gasteiger partial charge is 0.492 e. The molecule has 0 unspecified atom stereocenters. The molecule has 158 valence electrons. The van der Waals surface area contributed by atoms with E-state index in [1.54, 1.807) is 54.6 Å². The van der Waals surface area contributed by atoms with Crippen molar-refractivity contribution < 1.29 is 29.1 Å². The number of carbonyl (C=O) groups is 2. The molecule has 3 rings (SSSR count). The van der Waals surface area contributed by atoms with Crippen molar-refractivity contribution >= 4 is 35.8 Å². The summed E-state index contributed by atoms with van der Waals surface area (Å²) >= 11 is 0. The summed E-state index contributed by atoms with van der Waals surface area (Å²) in [6, 6.07) is 17.5. The van der Waals surface area contributed by atoms with Gasteiger partial charge in [-0.2, -0.15) is 0 Å². The first-order valence-electron chi connectivity index (χ1n) is 9.32. The van der Waals surface area contributed by atoms with Gasteiger partial charge in [-0.15, -0.1) is 0 Å². The van der Waals surface area contributed by atoms with E-state index in [0.29, 0.717) is 22.6 Å². The number of amides is 2. The van der Waals surface area contributed by atoms with E-state index in [4.69, 9.17) is 9.47 Å². The highest BCUT2D eigenvalue weighted by atomic mass is 16.5. The Morgan fingerprint density at radius 3 is 1.42 bits per heavy atom. The molecular formula is C22H21BN2O6. The molecule has 0 aliphatic rings. The molecule has 3 aromatic rings. The van der Waals surface area contributed by atoms with Gasteiger partial charge in [0, 0.05) is 28.0 Å². The topological polar surface area (TPSA) is 117 Å². The van der Waals surface area contributed by atoms with E-state index in [9.17, 15) is 19.6 Å². The molecule has 0 atom stereocenters. The first-order chi connectivity index (χ1) is 14.9. The van der Waals surface area contributed by atoms with Crippen molar-refractivity contribution in [3.63, 3.8) is 0 Å². The van der Waals surface area contributed by atoms with E-state index in [2.05, 4.69) is 10.6 Å². The predicted molar refractivity (Wildman–Crippen MR) is 118 cm³/mol. The average Bonchev–Trinajstić information content (AvgIpc) is 2.79. The van der Waals surface area contributed by atoms with Gasteiger partial charge in [-0.05, 0) is 60.7 Å². The van der Waals surface area contributed by atoms with Crippen molar-refractivity contribution in [2.45, 2.75) is 0 Å². The minimum Gasteiger partial charge on any atom is -0.497 e. The van der Waals surface area contributed by atoms with Crippen LogP contribution in [0, 0.1) is 0 Å². The first kappa shape index (κ1) is 21.9. The minimum atomic E-state index is -1.93. The van der Waals surface area contributed by atoms with Crippen LogP contribution in [0.4, 0.5) is 11.4 Å². The fourth-order valence-corrected chi connectivity index (χ4v) is 2.94. The highest BCUT2D eigenvalue weighted by molar-refractivity contribution is 6.63. The fraction of sp³-hybridized carbons (Fsp3) is 0.0909. The third kappa shape index (κ3) is 5.22.